The molecule has 0 N–H and O–H groups in total. The second kappa shape index (κ2) is 5.68. The second-order valence-corrected chi connectivity index (χ2v) is 4.64. The Labute approximate surface area is 108 Å². The zero-order chi connectivity index (χ0) is 12.1. The molecule has 0 aliphatic carbocycles. The quantitative estimate of drug-likeness (QED) is 0.869. The highest BCUT2D eigenvalue weighted by Crippen LogP contribution is 2.08. The number of hydrogen-bond acceptors (Lipinski definition) is 3. The summed E-state index contributed by atoms with van der Waals surface area (Å²) in [4.78, 5) is 19.9. The van der Waals surface area contributed by atoms with Crippen LogP contribution in [0.2, 0.25) is 0 Å². The van der Waals surface area contributed by atoms with Crippen LogP contribution in [-0.2, 0) is 17.6 Å². The van der Waals surface area contributed by atoms with Gasteiger partial charge in [-0.25, -0.2) is 0 Å². The van der Waals surface area contributed by atoms with Crippen LogP contribution in [-0.4, -0.2) is 15.8 Å². The lowest BCUT2D eigenvalue weighted by Gasteiger charge is -2.01. The molecule has 0 saturated carbocycles. The number of nitrogens with zero attached hydrogens (tertiary/aromatic N) is 2. The van der Waals surface area contributed by atoms with Crippen molar-refractivity contribution in [2.75, 3.05) is 0 Å². The number of carbonyl (C=O) groups is 1. The number of rotatable bonds is 4. The molecule has 0 unspecified atom stereocenters. The number of aromatic nitrogens is 2. The van der Waals surface area contributed by atoms with Crippen molar-refractivity contribution in [3.63, 3.8) is 0 Å². The standard InChI is InChI=1S/C13H11BrN2O/c14-11-3-4-12(16-9-11)7-13(17)6-10-2-1-5-15-8-10/h1-5,8-9H,6-7H2. The first-order chi connectivity index (χ1) is 8.24. The summed E-state index contributed by atoms with van der Waals surface area (Å²) in [5, 5.41) is 0. The Kier molecular flexibility index (Phi) is 3.98. The molecule has 0 atom stereocenters. The molecular formula is C13H11BrN2O. The molecule has 0 amide bonds. The van der Waals surface area contributed by atoms with Gasteiger partial charge < -0.3 is 0 Å². The van der Waals surface area contributed by atoms with Gasteiger partial charge in [-0.2, -0.15) is 0 Å². The maximum Gasteiger partial charge on any atom is 0.143 e. The van der Waals surface area contributed by atoms with Gasteiger partial charge in [0.25, 0.3) is 0 Å². The minimum absolute atomic E-state index is 0.146. The van der Waals surface area contributed by atoms with E-state index in [0.29, 0.717) is 12.8 Å². The first kappa shape index (κ1) is 11.9. The van der Waals surface area contributed by atoms with Crippen molar-refractivity contribution in [2.24, 2.45) is 0 Å². The van der Waals surface area contributed by atoms with E-state index in [1.54, 1.807) is 18.6 Å². The number of ketones is 1. The van der Waals surface area contributed by atoms with Gasteiger partial charge in [-0.05, 0) is 39.7 Å². The van der Waals surface area contributed by atoms with Crippen LogP contribution < -0.4 is 0 Å². The Balaban J connectivity index is 1.96. The molecular weight excluding hydrogens is 280 g/mol. The van der Waals surface area contributed by atoms with Crippen molar-refractivity contribution in [1.29, 1.82) is 0 Å². The summed E-state index contributed by atoms with van der Waals surface area (Å²) >= 11 is 3.31. The normalized spacial score (nSPS) is 10.2. The van der Waals surface area contributed by atoms with Crippen molar-refractivity contribution in [1.82, 2.24) is 9.97 Å². The van der Waals surface area contributed by atoms with Gasteiger partial charge in [0.05, 0.1) is 0 Å². The largest absolute Gasteiger partial charge is 0.299 e. The van der Waals surface area contributed by atoms with Crippen molar-refractivity contribution in [2.45, 2.75) is 12.8 Å². The van der Waals surface area contributed by atoms with Crippen LogP contribution in [0.3, 0.4) is 0 Å². The topological polar surface area (TPSA) is 42.9 Å². The number of Topliss-reactive ketones (excluding diaryl/α,β-unsaturated/α-hetero) is 1. The third-order valence-electron chi connectivity index (χ3n) is 2.29. The lowest BCUT2D eigenvalue weighted by atomic mass is 10.1. The molecule has 0 saturated heterocycles. The van der Waals surface area contributed by atoms with Crippen molar-refractivity contribution < 1.29 is 4.79 Å². The average molecular weight is 291 g/mol. The van der Waals surface area contributed by atoms with E-state index in [4.69, 9.17) is 0 Å². The monoisotopic (exact) mass is 290 g/mol. The van der Waals surface area contributed by atoms with E-state index in [2.05, 4.69) is 25.9 Å². The number of pyridine rings is 2. The Hall–Kier alpha value is -1.55. The van der Waals surface area contributed by atoms with Gasteiger partial charge in [-0.15, -0.1) is 0 Å². The van der Waals surface area contributed by atoms with Crippen LogP contribution in [0.15, 0.2) is 47.3 Å². The highest BCUT2D eigenvalue weighted by atomic mass is 79.9. The predicted molar refractivity (Wildman–Crippen MR) is 68.6 cm³/mol. The van der Waals surface area contributed by atoms with E-state index in [1.165, 1.54) is 0 Å². The third kappa shape index (κ3) is 3.75. The molecule has 2 aromatic heterocycles. The Morgan fingerprint density at radius 3 is 2.71 bits per heavy atom. The van der Waals surface area contributed by atoms with Crippen LogP contribution in [0, 0.1) is 0 Å². The van der Waals surface area contributed by atoms with Gasteiger partial charge in [-0.1, -0.05) is 6.07 Å². The zero-order valence-electron chi connectivity index (χ0n) is 9.14. The molecule has 0 fully saturated rings. The molecule has 0 aliphatic heterocycles. The molecule has 0 radical (unpaired) electrons. The molecule has 2 heterocycles. The number of carbonyl (C=O) groups excluding carboxylic acids is 1. The van der Waals surface area contributed by atoms with E-state index in [-0.39, 0.29) is 5.78 Å². The third-order valence-corrected chi connectivity index (χ3v) is 2.76. The summed E-state index contributed by atoms with van der Waals surface area (Å²) in [7, 11) is 0. The lowest BCUT2D eigenvalue weighted by Crippen LogP contribution is -2.07. The number of hydrogen-bond donors (Lipinski definition) is 0. The first-order valence-electron chi connectivity index (χ1n) is 5.25. The van der Waals surface area contributed by atoms with E-state index < -0.39 is 0 Å². The summed E-state index contributed by atoms with van der Waals surface area (Å²) in [5.41, 5.74) is 1.73. The molecule has 17 heavy (non-hydrogen) atoms. The highest BCUT2D eigenvalue weighted by Gasteiger charge is 2.06. The fraction of sp³-hybridized carbons (Fsp3) is 0.154. The summed E-state index contributed by atoms with van der Waals surface area (Å²) < 4.78 is 0.918. The lowest BCUT2D eigenvalue weighted by molar-refractivity contribution is -0.117. The molecule has 2 rings (SSSR count). The van der Waals surface area contributed by atoms with E-state index in [1.807, 2.05) is 24.3 Å². The summed E-state index contributed by atoms with van der Waals surface area (Å²) in [6.45, 7) is 0. The Morgan fingerprint density at radius 2 is 2.06 bits per heavy atom. The van der Waals surface area contributed by atoms with Crippen molar-refractivity contribution >= 4 is 21.7 Å². The van der Waals surface area contributed by atoms with Crippen LogP contribution in [0.4, 0.5) is 0 Å². The summed E-state index contributed by atoms with van der Waals surface area (Å²) in [6.07, 6.45) is 5.89. The van der Waals surface area contributed by atoms with E-state index >= 15 is 0 Å². The van der Waals surface area contributed by atoms with Crippen LogP contribution in [0.5, 0.6) is 0 Å². The smallest absolute Gasteiger partial charge is 0.143 e. The van der Waals surface area contributed by atoms with Gasteiger partial charge in [0, 0.05) is 41.6 Å². The van der Waals surface area contributed by atoms with E-state index in [0.717, 1.165) is 15.7 Å². The molecule has 0 aromatic carbocycles. The fourth-order valence-electron chi connectivity index (χ4n) is 1.51. The average Bonchev–Trinajstić information content (AvgIpc) is 2.33. The van der Waals surface area contributed by atoms with Crippen molar-refractivity contribution in [3.05, 3.63) is 58.6 Å². The highest BCUT2D eigenvalue weighted by molar-refractivity contribution is 9.10. The van der Waals surface area contributed by atoms with E-state index in [9.17, 15) is 4.79 Å². The molecule has 2 aromatic rings. The maximum atomic E-state index is 11.8. The summed E-state index contributed by atoms with van der Waals surface area (Å²) in [5.74, 6) is 0.146. The molecule has 4 heteroatoms. The number of halogens is 1. The Bertz CT molecular complexity index is 497. The maximum absolute atomic E-state index is 11.8. The van der Waals surface area contributed by atoms with Gasteiger partial charge in [-0.3, -0.25) is 14.8 Å². The Morgan fingerprint density at radius 1 is 1.18 bits per heavy atom. The molecule has 3 nitrogen and oxygen atoms in total. The van der Waals surface area contributed by atoms with Crippen LogP contribution in [0.25, 0.3) is 0 Å². The fourth-order valence-corrected chi connectivity index (χ4v) is 1.74. The van der Waals surface area contributed by atoms with Crippen LogP contribution in [0.1, 0.15) is 11.3 Å². The van der Waals surface area contributed by atoms with Crippen molar-refractivity contribution in [3.8, 4) is 0 Å². The molecule has 0 spiro atoms. The van der Waals surface area contributed by atoms with Gasteiger partial charge in [0.2, 0.25) is 0 Å². The van der Waals surface area contributed by atoms with Gasteiger partial charge in [0.15, 0.2) is 0 Å². The SMILES string of the molecule is O=C(Cc1cccnc1)Cc1ccc(Br)cn1. The summed E-state index contributed by atoms with van der Waals surface area (Å²) in [6, 6.07) is 7.48. The van der Waals surface area contributed by atoms with Gasteiger partial charge in [0.1, 0.15) is 5.78 Å². The van der Waals surface area contributed by atoms with Gasteiger partial charge >= 0.3 is 0 Å². The molecule has 86 valence electrons. The minimum Gasteiger partial charge on any atom is -0.299 e. The predicted octanol–water partition coefficient (Wildman–Crippen LogP) is 2.59. The first-order valence-corrected chi connectivity index (χ1v) is 6.04. The minimum atomic E-state index is 0.146. The van der Waals surface area contributed by atoms with Crippen LogP contribution >= 0.6 is 15.9 Å². The molecule has 0 bridgehead atoms. The second-order valence-electron chi connectivity index (χ2n) is 3.72. The zero-order valence-corrected chi connectivity index (χ0v) is 10.7. The molecule has 0 aliphatic rings.